The Hall–Kier alpha value is -3.06. The van der Waals surface area contributed by atoms with E-state index in [1.165, 1.54) is 21.3 Å². The molecule has 0 aliphatic heterocycles. The van der Waals surface area contributed by atoms with Crippen molar-refractivity contribution in [2.24, 2.45) is 0 Å². The number of hydrogen-bond donors (Lipinski definition) is 1. The van der Waals surface area contributed by atoms with Gasteiger partial charge < -0.3 is 33.5 Å². The van der Waals surface area contributed by atoms with Crippen LogP contribution in [-0.2, 0) is 0 Å². The van der Waals surface area contributed by atoms with Crippen molar-refractivity contribution >= 4 is 6.08 Å². The molecule has 0 spiro atoms. The molecule has 30 heavy (non-hydrogen) atoms. The Morgan fingerprint density at radius 1 is 0.733 bits per heavy atom. The highest BCUT2D eigenvalue weighted by Gasteiger charge is 2.25. The summed E-state index contributed by atoms with van der Waals surface area (Å²) in [6, 6.07) is 7.07. The molecule has 0 radical (unpaired) electrons. The smallest absolute Gasteiger partial charge is 0.203 e. The maximum Gasteiger partial charge on any atom is 0.203 e. The molecule has 0 bridgehead atoms. The fraction of sp³-hybridized carbons (Fsp3) is 0.391. The molecule has 7 nitrogen and oxygen atoms in total. The van der Waals surface area contributed by atoms with Crippen molar-refractivity contribution in [2.75, 3.05) is 35.5 Å². The van der Waals surface area contributed by atoms with Gasteiger partial charge in [0, 0.05) is 0 Å². The number of ether oxygens (including phenoxy) is 6. The summed E-state index contributed by atoms with van der Waals surface area (Å²) in [5, 5.41) is 11.0. The van der Waals surface area contributed by atoms with Gasteiger partial charge in [-0.05, 0) is 49.2 Å². The Balaban J connectivity index is 2.39. The molecule has 0 unspecified atom stereocenters. The molecular weight excluding hydrogens is 388 g/mol. The second kappa shape index (κ2) is 10.6. The minimum atomic E-state index is -0.983. The molecule has 0 aliphatic rings. The topological polar surface area (TPSA) is 75.6 Å². The Labute approximate surface area is 177 Å². The summed E-state index contributed by atoms with van der Waals surface area (Å²) >= 11 is 0. The number of hydrogen-bond acceptors (Lipinski definition) is 7. The Kier molecular flexibility index (Phi) is 8.24. The zero-order chi connectivity index (χ0) is 22.3. The molecule has 0 aromatic heterocycles. The van der Waals surface area contributed by atoms with Gasteiger partial charge in [-0.25, -0.2) is 0 Å². The molecule has 0 fully saturated rings. The fourth-order valence-corrected chi connectivity index (χ4v) is 3.10. The Morgan fingerprint density at radius 2 is 1.20 bits per heavy atom. The summed E-state index contributed by atoms with van der Waals surface area (Å²) in [5.41, 5.74) is 1.47. The SMILES string of the molecule is C/C=C/c1cc(OC)c(O[C@@H](C)[C@@H](O)c2cc(OC)c(OC)c(OC)c2)c(OC)c1. The first-order chi connectivity index (χ1) is 14.4. The van der Waals surface area contributed by atoms with E-state index < -0.39 is 12.2 Å². The van der Waals surface area contributed by atoms with Crippen LogP contribution in [-0.4, -0.2) is 46.8 Å². The maximum absolute atomic E-state index is 11.0. The van der Waals surface area contributed by atoms with Gasteiger partial charge in [0.2, 0.25) is 11.5 Å². The first-order valence-corrected chi connectivity index (χ1v) is 9.47. The lowest BCUT2D eigenvalue weighted by Crippen LogP contribution is -2.22. The van der Waals surface area contributed by atoms with Gasteiger partial charge in [-0.2, -0.15) is 0 Å². The van der Waals surface area contributed by atoms with Gasteiger partial charge in [0.15, 0.2) is 23.0 Å². The maximum atomic E-state index is 11.0. The highest BCUT2D eigenvalue weighted by Crippen LogP contribution is 2.43. The second-order valence-corrected chi connectivity index (χ2v) is 6.48. The van der Waals surface area contributed by atoms with E-state index in [4.69, 9.17) is 28.4 Å². The predicted molar refractivity (Wildman–Crippen MR) is 115 cm³/mol. The van der Waals surface area contributed by atoms with Crippen molar-refractivity contribution in [3.8, 4) is 34.5 Å². The average molecular weight is 418 g/mol. The average Bonchev–Trinajstić information content (AvgIpc) is 2.77. The zero-order valence-corrected chi connectivity index (χ0v) is 18.5. The first kappa shape index (κ1) is 23.2. The van der Waals surface area contributed by atoms with Crippen molar-refractivity contribution < 1.29 is 33.5 Å². The van der Waals surface area contributed by atoms with Crippen molar-refractivity contribution in [3.63, 3.8) is 0 Å². The van der Waals surface area contributed by atoms with Gasteiger partial charge >= 0.3 is 0 Å². The van der Waals surface area contributed by atoms with Crippen LogP contribution in [0.1, 0.15) is 31.1 Å². The lowest BCUT2D eigenvalue weighted by atomic mass is 10.0. The number of allylic oxidation sites excluding steroid dienone is 1. The summed E-state index contributed by atoms with van der Waals surface area (Å²) in [6.45, 7) is 3.69. The lowest BCUT2D eigenvalue weighted by molar-refractivity contribution is 0.0431. The third-order valence-electron chi connectivity index (χ3n) is 4.62. The fourth-order valence-electron chi connectivity index (χ4n) is 3.10. The highest BCUT2D eigenvalue weighted by molar-refractivity contribution is 5.62. The predicted octanol–water partition coefficient (Wildman–Crippen LogP) is 4.26. The molecule has 2 aromatic rings. The molecule has 2 aromatic carbocycles. The van der Waals surface area contributed by atoms with Crippen molar-refractivity contribution in [1.29, 1.82) is 0 Å². The summed E-state index contributed by atoms with van der Waals surface area (Å²) in [7, 11) is 7.69. The van der Waals surface area contributed by atoms with E-state index in [9.17, 15) is 5.11 Å². The molecule has 0 saturated carbocycles. The van der Waals surface area contributed by atoms with Crippen LogP contribution in [0.2, 0.25) is 0 Å². The van der Waals surface area contributed by atoms with Gasteiger partial charge in [-0.1, -0.05) is 12.2 Å². The van der Waals surface area contributed by atoms with Gasteiger partial charge in [0.1, 0.15) is 12.2 Å². The number of rotatable bonds is 10. The molecule has 0 heterocycles. The van der Waals surface area contributed by atoms with Crippen molar-refractivity contribution in [2.45, 2.75) is 26.1 Å². The van der Waals surface area contributed by atoms with Crippen LogP contribution in [0, 0.1) is 0 Å². The van der Waals surface area contributed by atoms with Crippen LogP contribution in [0.4, 0.5) is 0 Å². The summed E-state index contributed by atoms with van der Waals surface area (Å²) in [6.07, 6.45) is 2.24. The van der Waals surface area contributed by atoms with E-state index in [1.54, 1.807) is 33.3 Å². The highest BCUT2D eigenvalue weighted by atomic mass is 16.6. The molecule has 7 heteroatoms. The van der Waals surface area contributed by atoms with Crippen molar-refractivity contribution in [1.82, 2.24) is 0 Å². The largest absolute Gasteiger partial charge is 0.493 e. The lowest BCUT2D eigenvalue weighted by Gasteiger charge is -2.24. The monoisotopic (exact) mass is 418 g/mol. The number of aliphatic hydroxyl groups excluding tert-OH is 1. The van der Waals surface area contributed by atoms with E-state index in [0.717, 1.165) is 5.56 Å². The number of benzene rings is 2. The standard InChI is InChI=1S/C23H30O7/c1-8-9-15-10-17(25-3)23(18(11-15)26-4)30-14(2)21(24)16-12-19(27-5)22(29-7)20(13-16)28-6/h8-14,21,24H,1-7H3/b9-8+/t14-,21+/m0/s1. The Morgan fingerprint density at radius 3 is 1.60 bits per heavy atom. The summed E-state index contributed by atoms with van der Waals surface area (Å²) in [5.74, 6) is 2.77. The van der Waals surface area contributed by atoms with Crippen molar-refractivity contribution in [3.05, 3.63) is 41.5 Å². The van der Waals surface area contributed by atoms with Gasteiger partial charge in [-0.3, -0.25) is 0 Å². The van der Waals surface area contributed by atoms with Crippen LogP contribution in [0.15, 0.2) is 30.3 Å². The first-order valence-electron chi connectivity index (χ1n) is 9.47. The van der Waals surface area contributed by atoms with Crippen LogP contribution in [0.25, 0.3) is 6.08 Å². The van der Waals surface area contributed by atoms with Gasteiger partial charge in [0.25, 0.3) is 0 Å². The molecule has 2 rings (SSSR count). The normalized spacial score (nSPS) is 12.9. The van der Waals surface area contributed by atoms with E-state index in [1.807, 2.05) is 31.2 Å². The van der Waals surface area contributed by atoms with Crippen LogP contribution in [0.3, 0.4) is 0 Å². The minimum Gasteiger partial charge on any atom is -0.493 e. The van der Waals surface area contributed by atoms with Gasteiger partial charge in [0.05, 0.1) is 35.5 Å². The summed E-state index contributed by atoms with van der Waals surface area (Å²) in [4.78, 5) is 0. The molecule has 0 aliphatic carbocycles. The van der Waals surface area contributed by atoms with Crippen LogP contribution >= 0.6 is 0 Å². The van der Waals surface area contributed by atoms with E-state index in [0.29, 0.717) is 40.1 Å². The quantitative estimate of drug-likeness (QED) is 0.618. The van der Waals surface area contributed by atoms with Gasteiger partial charge in [-0.15, -0.1) is 0 Å². The van der Waals surface area contributed by atoms with E-state index in [2.05, 4.69) is 0 Å². The molecule has 0 saturated heterocycles. The van der Waals surface area contributed by atoms with E-state index in [-0.39, 0.29) is 0 Å². The molecule has 2 atom stereocenters. The number of methoxy groups -OCH3 is 5. The molecule has 1 N–H and O–H groups in total. The number of aliphatic hydroxyl groups is 1. The molecule has 0 amide bonds. The minimum absolute atomic E-state index is 0.409. The zero-order valence-electron chi connectivity index (χ0n) is 18.5. The molecular formula is C23H30O7. The Bertz CT molecular complexity index is 826. The summed E-state index contributed by atoms with van der Waals surface area (Å²) < 4.78 is 33.1. The van der Waals surface area contributed by atoms with Crippen LogP contribution in [0.5, 0.6) is 34.5 Å². The third kappa shape index (κ3) is 4.91. The third-order valence-corrected chi connectivity index (χ3v) is 4.62. The second-order valence-electron chi connectivity index (χ2n) is 6.48. The van der Waals surface area contributed by atoms with Crippen LogP contribution < -0.4 is 28.4 Å². The van der Waals surface area contributed by atoms with E-state index >= 15 is 0 Å². The molecule has 164 valence electrons.